The maximum absolute atomic E-state index is 14.1. The highest BCUT2D eigenvalue weighted by molar-refractivity contribution is 6.03. The van der Waals surface area contributed by atoms with Crippen molar-refractivity contribution < 1.29 is 41.0 Å². The summed E-state index contributed by atoms with van der Waals surface area (Å²) in [6.45, 7) is 3.70. The number of hydrogen-bond acceptors (Lipinski definition) is 10. The van der Waals surface area contributed by atoms with Gasteiger partial charge in [-0.05, 0) is 48.4 Å². The minimum atomic E-state index is -4.82. The van der Waals surface area contributed by atoms with Crippen molar-refractivity contribution in [1.29, 1.82) is 0 Å². The van der Waals surface area contributed by atoms with E-state index in [1.54, 1.807) is 48.5 Å². The maximum Gasteiger partial charge on any atom is 0.451 e. The molecule has 4 heterocycles. The van der Waals surface area contributed by atoms with Crippen LogP contribution in [0.15, 0.2) is 66.7 Å². The van der Waals surface area contributed by atoms with Gasteiger partial charge in [-0.25, -0.2) is 13.8 Å². The molecule has 2 aromatic heterocycles. The van der Waals surface area contributed by atoms with E-state index in [4.69, 9.17) is 9.47 Å². The van der Waals surface area contributed by atoms with Crippen LogP contribution in [0.2, 0.25) is 0 Å². The molecule has 2 amide bonds. The lowest BCUT2D eigenvalue weighted by atomic mass is 9.91. The van der Waals surface area contributed by atoms with Gasteiger partial charge in [-0.2, -0.15) is 18.2 Å². The molecule has 0 radical (unpaired) electrons. The van der Waals surface area contributed by atoms with Gasteiger partial charge in [0.25, 0.3) is 11.8 Å². The van der Waals surface area contributed by atoms with Gasteiger partial charge in [-0.3, -0.25) is 9.59 Å². The van der Waals surface area contributed by atoms with E-state index in [2.05, 4.69) is 41.4 Å². The number of amides is 2. The van der Waals surface area contributed by atoms with Crippen LogP contribution < -0.4 is 30.7 Å². The van der Waals surface area contributed by atoms with Crippen molar-refractivity contribution in [2.24, 2.45) is 0 Å². The monoisotopic (exact) mass is 714 g/mol. The normalized spacial score (nSPS) is 15.6. The highest BCUT2D eigenvalue weighted by Crippen LogP contribution is 2.28. The summed E-state index contributed by atoms with van der Waals surface area (Å²) in [5.41, 5.74) is -0.0855. The molecule has 2 fully saturated rings. The zero-order valence-corrected chi connectivity index (χ0v) is 27.6. The zero-order valence-electron chi connectivity index (χ0n) is 27.6. The number of carbonyl (C=O) groups is 2. The van der Waals surface area contributed by atoms with Gasteiger partial charge in [0.2, 0.25) is 17.6 Å². The van der Waals surface area contributed by atoms with Gasteiger partial charge < -0.3 is 30.7 Å². The van der Waals surface area contributed by atoms with Gasteiger partial charge in [0, 0.05) is 62.5 Å². The quantitative estimate of drug-likeness (QED) is 0.162. The van der Waals surface area contributed by atoms with Gasteiger partial charge in [-0.1, -0.05) is 24.3 Å². The van der Waals surface area contributed by atoms with E-state index < -0.39 is 34.9 Å². The number of aromatic nitrogens is 4. The SMILES string of the molecule is CCOc1ccc(C(=O)Nc2ccc(CC3(F)CNC3)cc2)nn1.COc1cc(C(=O)Nc2ccc(CC3(F)CNC3)cc2)nc(C(F)(F)F)n1. The number of nitrogens with one attached hydrogen (secondary N) is 4. The van der Waals surface area contributed by atoms with Gasteiger partial charge in [0.1, 0.15) is 17.0 Å². The van der Waals surface area contributed by atoms with Crippen LogP contribution in [0.25, 0.3) is 0 Å². The summed E-state index contributed by atoms with van der Waals surface area (Å²) in [7, 11) is 1.14. The van der Waals surface area contributed by atoms with Crippen LogP contribution >= 0.6 is 0 Å². The third-order valence-electron chi connectivity index (χ3n) is 7.80. The molecule has 2 saturated heterocycles. The molecular weight excluding hydrogens is 679 g/mol. The minimum Gasteiger partial charge on any atom is -0.481 e. The Hall–Kier alpha value is -5.29. The fourth-order valence-electron chi connectivity index (χ4n) is 5.01. The lowest BCUT2D eigenvalue weighted by Crippen LogP contribution is -2.57. The standard InChI is InChI=1S/C17H16F4N4O2.C17H19FN4O2/c1-27-13-6-12(24-15(25-13)17(19,20)21)14(26)23-11-4-2-10(3-5-11)7-16(18)8-22-9-16;1-2-24-15-8-7-14(21-22-15)16(23)20-13-5-3-12(4-6-13)9-17(18)10-19-11-17/h2-6,22H,7-9H2,1H3,(H,23,26);3-8,19H,2,9-11H2,1H3,(H,20,23). The van der Waals surface area contributed by atoms with Crippen molar-refractivity contribution >= 4 is 23.2 Å². The number of halogens is 5. The minimum absolute atomic E-state index is 0.200. The molecule has 0 unspecified atom stereocenters. The molecular formula is C34H35F5N8O4. The number of alkyl halides is 5. The first kappa shape index (κ1) is 37.0. The Bertz CT molecular complexity index is 1800. The second kappa shape index (κ2) is 15.7. The first-order chi connectivity index (χ1) is 24.3. The maximum atomic E-state index is 14.1. The Labute approximate surface area is 289 Å². The molecule has 2 aliphatic rings. The Morgan fingerprint density at radius 2 is 1.25 bits per heavy atom. The number of methoxy groups -OCH3 is 1. The molecule has 6 rings (SSSR count). The molecule has 270 valence electrons. The summed E-state index contributed by atoms with van der Waals surface area (Å²) in [5, 5.41) is 18.6. The Balaban J connectivity index is 0.000000199. The Morgan fingerprint density at radius 1 is 0.745 bits per heavy atom. The van der Waals surface area contributed by atoms with Crippen molar-refractivity contribution in [2.75, 3.05) is 50.5 Å². The van der Waals surface area contributed by atoms with Crippen LogP contribution in [0.1, 0.15) is 44.9 Å². The smallest absolute Gasteiger partial charge is 0.451 e. The second-order valence-corrected chi connectivity index (χ2v) is 12.0. The molecule has 17 heteroatoms. The Kier molecular flexibility index (Phi) is 11.4. The second-order valence-electron chi connectivity index (χ2n) is 12.0. The van der Waals surface area contributed by atoms with Crippen molar-refractivity contribution in [3.8, 4) is 11.8 Å². The number of carbonyl (C=O) groups excluding carboxylic acids is 2. The molecule has 51 heavy (non-hydrogen) atoms. The largest absolute Gasteiger partial charge is 0.481 e. The first-order valence-electron chi connectivity index (χ1n) is 15.8. The summed E-state index contributed by atoms with van der Waals surface area (Å²) >= 11 is 0. The third-order valence-corrected chi connectivity index (χ3v) is 7.80. The third kappa shape index (κ3) is 10.1. The van der Waals surface area contributed by atoms with Gasteiger partial charge >= 0.3 is 6.18 Å². The highest BCUT2D eigenvalue weighted by Gasteiger charge is 2.38. The van der Waals surface area contributed by atoms with Crippen LogP contribution in [0.4, 0.5) is 33.3 Å². The molecule has 0 saturated carbocycles. The van der Waals surface area contributed by atoms with Crippen LogP contribution in [0.3, 0.4) is 0 Å². The van der Waals surface area contributed by atoms with Crippen LogP contribution in [0.5, 0.6) is 11.8 Å². The first-order valence-corrected chi connectivity index (χ1v) is 15.8. The lowest BCUT2D eigenvalue weighted by molar-refractivity contribution is -0.145. The number of anilines is 2. The number of ether oxygens (including phenoxy) is 2. The number of benzene rings is 2. The summed E-state index contributed by atoms with van der Waals surface area (Å²) in [6.07, 6.45) is -4.20. The van der Waals surface area contributed by atoms with Crippen LogP contribution in [0, 0.1) is 0 Å². The van der Waals surface area contributed by atoms with Gasteiger partial charge in [-0.15, -0.1) is 10.2 Å². The Morgan fingerprint density at radius 3 is 1.65 bits per heavy atom. The van der Waals surface area contributed by atoms with E-state index in [0.29, 0.717) is 56.5 Å². The number of hydrogen-bond donors (Lipinski definition) is 4. The molecule has 0 spiro atoms. The van der Waals surface area contributed by atoms with E-state index in [1.165, 1.54) is 0 Å². The lowest BCUT2D eigenvalue weighted by Gasteiger charge is -2.35. The topological polar surface area (TPSA) is 152 Å². The number of nitrogens with zero attached hydrogens (tertiary/aromatic N) is 4. The van der Waals surface area contributed by atoms with Crippen LogP contribution in [-0.4, -0.2) is 83.2 Å². The van der Waals surface area contributed by atoms with Crippen molar-refractivity contribution in [1.82, 2.24) is 30.8 Å². The zero-order chi connectivity index (χ0) is 36.6. The van der Waals surface area contributed by atoms with E-state index in [0.717, 1.165) is 24.3 Å². The predicted octanol–water partition coefficient (Wildman–Crippen LogP) is 4.59. The molecule has 2 aliphatic heterocycles. The fraction of sp³-hybridized carbons (Fsp3) is 0.353. The average molecular weight is 715 g/mol. The van der Waals surface area contributed by atoms with E-state index >= 15 is 0 Å². The summed E-state index contributed by atoms with van der Waals surface area (Å²) in [4.78, 5) is 30.8. The van der Waals surface area contributed by atoms with Gasteiger partial charge in [0.05, 0.1) is 13.7 Å². The van der Waals surface area contributed by atoms with Crippen molar-refractivity contribution in [2.45, 2.75) is 37.3 Å². The van der Waals surface area contributed by atoms with Gasteiger partial charge in [0.15, 0.2) is 5.69 Å². The molecule has 0 bridgehead atoms. The van der Waals surface area contributed by atoms with Crippen molar-refractivity contribution in [3.05, 3.63) is 95.1 Å². The molecule has 0 aliphatic carbocycles. The van der Waals surface area contributed by atoms with Crippen molar-refractivity contribution in [3.63, 3.8) is 0 Å². The molecule has 2 aromatic carbocycles. The van der Waals surface area contributed by atoms with E-state index in [-0.39, 0.29) is 23.9 Å². The average Bonchev–Trinajstić information content (AvgIpc) is 3.08. The summed E-state index contributed by atoms with van der Waals surface area (Å²) in [6, 6.07) is 17.7. The van der Waals surface area contributed by atoms with E-state index in [9.17, 15) is 31.5 Å². The molecule has 4 aromatic rings. The molecule has 4 N–H and O–H groups in total. The summed E-state index contributed by atoms with van der Waals surface area (Å²) < 4.78 is 76.5. The van der Waals surface area contributed by atoms with Crippen LogP contribution in [-0.2, 0) is 19.0 Å². The fourth-order valence-corrected chi connectivity index (χ4v) is 5.01. The number of rotatable bonds is 11. The molecule has 12 nitrogen and oxygen atoms in total. The highest BCUT2D eigenvalue weighted by atomic mass is 19.4. The summed E-state index contributed by atoms with van der Waals surface area (Å²) in [5.74, 6) is -2.67. The van der Waals surface area contributed by atoms with E-state index in [1.807, 2.05) is 19.1 Å². The predicted molar refractivity (Wildman–Crippen MR) is 176 cm³/mol. The molecule has 0 atom stereocenters.